The maximum absolute atomic E-state index is 10.7. The Labute approximate surface area is 246 Å². The van der Waals surface area contributed by atoms with Gasteiger partial charge in [-0.25, -0.2) is 0 Å². The quantitative estimate of drug-likeness (QED) is 0.106. The van der Waals surface area contributed by atoms with Crippen molar-refractivity contribution in [2.75, 3.05) is 0 Å². The van der Waals surface area contributed by atoms with Crippen molar-refractivity contribution in [1.29, 1.82) is 0 Å². The zero-order valence-corrected chi connectivity index (χ0v) is 22.9. The highest BCUT2D eigenvalue weighted by Gasteiger charge is 2.12. The van der Waals surface area contributed by atoms with Crippen LogP contribution in [0.15, 0.2) is 91.0 Å². The van der Waals surface area contributed by atoms with Gasteiger partial charge in [0.2, 0.25) is 0 Å². The van der Waals surface area contributed by atoms with Crippen LogP contribution in [0.4, 0.5) is 0 Å². The van der Waals surface area contributed by atoms with Crippen LogP contribution in [0.25, 0.3) is 33.4 Å². The van der Waals surface area contributed by atoms with E-state index in [9.17, 15) is 35.4 Å². The van der Waals surface area contributed by atoms with Gasteiger partial charge in [0, 0.05) is 29.8 Å². The van der Waals surface area contributed by atoms with E-state index in [1.165, 1.54) is 79.7 Å². The van der Waals surface area contributed by atoms with E-state index >= 15 is 0 Å². The molecule has 0 fully saturated rings. The number of phenols is 8. The van der Waals surface area contributed by atoms with Gasteiger partial charge in [-0.1, -0.05) is 0 Å². The molecule has 10 heteroatoms. The molecule has 0 saturated carbocycles. The first-order valence-electron chi connectivity index (χ1n) is 12.2. The molecule has 9 nitrogen and oxygen atoms in total. The molecule has 5 aromatic carbocycles. The van der Waals surface area contributed by atoms with Crippen LogP contribution in [0.1, 0.15) is 17.3 Å². The van der Waals surface area contributed by atoms with E-state index in [2.05, 4.69) is 0 Å². The van der Waals surface area contributed by atoms with Crippen molar-refractivity contribution < 1.29 is 45.6 Å². The molecule has 5 aromatic rings. The lowest BCUT2D eigenvalue weighted by atomic mass is 9.93. The van der Waals surface area contributed by atoms with Gasteiger partial charge in [0.25, 0.3) is 0 Å². The number of phenolic OH excluding ortho intramolecular Hbond substituents is 8. The molecule has 0 atom stereocenters. The van der Waals surface area contributed by atoms with Gasteiger partial charge in [-0.3, -0.25) is 4.79 Å². The molecule has 0 aliphatic rings. The number of Topliss-reactive ketones (excluding diaryl/α,β-unsaturated/α-hetero) is 1. The number of carbonyl (C=O) groups is 1. The van der Waals surface area contributed by atoms with Crippen LogP contribution in [0.2, 0.25) is 0 Å². The summed E-state index contributed by atoms with van der Waals surface area (Å²) < 4.78 is 0. The third-order valence-corrected chi connectivity index (χ3v) is 5.95. The van der Waals surface area contributed by atoms with E-state index in [1.54, 1.807) is 18.2 Å². The minimum absolute atomic E-state index is 0. The minimum atomic E-state index is -0.184. The van der Waals surface area contributed by atoms with Crippen molar-refractivity contribution in [3.05, 3.63) is 96.6 Å². The Kier molecular flexibility index (Phi) is 9.41. The zero-order valence-electron chi connectivity index (χ0n) is 22.1. The van der Waals surface area contributed by atoms with Gasteiger partial charge in [0.05, 0.1) is 0 Å². The lowest BCUT2D eigenvalue weighted by Gasteiger charge is -2.13. The molecule has 0 bridgehead atoms. The fourth-order valence-corrected chi connectivity index (χ4v) is 4.21. The van der Waals surface area contributed by atoms with E-state index in [4.69, 9.17) is 10.2 Å². The van der Waals surface area contributed by atoms with Crippen molar-refractivity contribution in [3.8, 4) is 79.4 Å². The Hall–Kier alpha value is -5.54. The summed E-state index contributed by atoms with van der Waals surface area (Å²) in [4.78, 5) is 10.7. The van der Waals surface area contributed by atoms with Crippen LogP contribution in [0.3, 0.4) is 0 Å². The molecule has 5 rings (SSSR count). The Balaban J connectivity index is 0.000000342. The van der Waals surface area contributed by atoms with Crippen molar-refractivity contribution in [1.82, 2.24) is 0 Å². The number of halogens is 1. The molecule has 0 aliphatic carbocycles. The van der Waals surface area contributed by atoms with Gasteiger partial charge in [-0.15, -0.1) is 12.4 Å². The average molecular weight is 591 g/mol. The predicted octanol–water partition coefficient (Wildman–Crippen LogP) is 6.64. The van der Waals surface area contributed by atoms with Gasteiger partial charge < -0.3 is 40.9 Å². The number of rotatable bonds is 4. The monoisotopic (exact) mass is 590 g/mol. The molecular formula is C32H27ClO9. The Bertz CT molecular complexity index is 1520. The number of carbonyl (C=O) groups excluding carboxylic acids is 1. The summed E-state index contributed by atoms with van der Waals surface area (Å²) in [5.74, 6) is -1.04. The maximum atomic E-state index is 10.7. The molecule has 42 heavy (non-hydrogen) atoms. The molecule has 0 amide bonds. The molecule has 0 aromatic heterocycles. The number of benzene rings is 5. The molecule has 0 aliphatic heterocycles. The van der Waals surface area contributed by atoms with Gasteiger partial charge in [0.15, 0.2) is 5.78 Å². The number of ketones is 1. The second-order valence-electron chi connectivity index (χ2n) is 9.31. The van der Waals surface area contributed by atoms with Gasteiger partial charge in [-0.05, 0) is 107 Å². The first-order valence-corrected chi connectivity index (χ1v) is 12.2. The van der Waals surface area contributed by atoms with Crippen LogP contribution in [-0.2, 0) is 0 Å². The fourth-order valence-electron chi connectivity index (χ4n) is 4.21. The first-order chi connectivity index (χ1) is 19.4. The molecule has 0 heterocycles. The highest BCUT2D eigenvalue weighted by atomic mass is 35.5. The number of hydrogen-bond donors (Lipinski definition) is 8. The summed E-state index contributed by atoms with van der Waals surface area (Å²) in [7, 11) is 0. The van der Waals surface area contributed by atoms with Crippen LogP contribution in [0.5, 0.6) is 46.0 Å². The Morgan fingerprint density at radius 2 is 0.548 bits per heavy atom. The second kappa shape index (κ2) is 12.8. The van der Waals surface area contributed by atoms with E-state index in [0.29, 0.717) is 38.9 Å². The molecule has 216 valence electrons. The molecule has 8 N–H and O–H groups in total. The van der Waals surface area contributed by atoms with Crippen molar-refractivity contribution >= 4 is 18.2 Å². The molecular weight excluding hydrogens is 564 g/mol. The highest BCUT2D eigenvalue weighted by Crippen LogP contribution is 2.38. The standard InChI is InChI=1S/C24H18O6.C8H8O3.ClH/c25-19-4-16(5-20(26)10-19)13-1-14(17-6-21(27)11-22(28)7-17)3-15(2-13)18-8-23(29)12-24(30)9-18;1-5(9)6-2-7(10)4-8(11)3-6;/h1-12,25-30H;2-4,10-11H,1H3;1H. The summed E-state index contributed by atoms with van der Waals surface area (Å²) in [5.41, 5.74) is 3.78. The zero-order chi connectivity index (χ0) is 29.8. The first kappa shape index (κ1) is 31.0. The van der Waals surface area contributed by atoms with E-state index < -0.39 is 0 Å². The topological polar surface area (TPSA) is 179 Å². The third kappa shape index (κ3) is 7.77. The number of aromatic hydroxyl groups is 8. The van der Waals surface area contributed by atoms with Crippen LogP contribution >= 0.6 is 12.4 Å². The minimum Gasteiger partial charge on any atom is -0.508 e. The normalized spacial score (nSPS) is 10.2. The molecule has 0 spiro atoms. The van der Waals surface area contributed by atoms with Crippen molar-refractivity contribution in [3.63, 3.8) is 0 Å². The van der Waals surface area contributed by atoms with Crippen molar-refractivity contribution in [2.24, 2.45) is 0 Å². The number of hydrogen-bond acceptors (Lipinski definition) is 9. The van der Waals surface area contributed by atoms with Crippen LogP contribution in [0, 0.1) is 0 Å². The largest absolute Gasteiger partial charge is 0.508 e. The maximum Gasteiger partial charge on any atom is 0.160 e. The SMILES string of the molecule is CC(=O)c1cc(O)cc(O)c1.Cl.Oc1cc(O)cc(-c2cc(-c3cc(O)cc(O)c3)cc(-c3cc(O)cc(O)c3)c2)c1. The molecule has 0 unspecified atom stereocenters. The Morgan fingerprint density at radius 3 is 0.762 bits per heavy atom. The van der Waals surface area contributed by atoms with Gasteiger partial charge in [0.1, 0.15) is 46.0 Å². The van der Waals surface area contributed by atoms with Gasteiger partial charge in [-0.2, -0.15) is 0 Å². The second-order valence-corrected chi connectivity index (χ2v) is 9.31. The highest BCUT2D eigenvalue weighted by molar-refractivity contribution is 5.94. The summed E-state index contributed by atoms with van der Waals surface area (Å²) in [6, 6.07) is 21.7. The van der Waals surface area contributed by atoms with Crippen molar-refractivity contribution in [2.45, 2.75) is 6.92 Å². The lowest BCUT2D eigenvalue weighted by molar-refractivity contribution is 0.101. The van der Waals surface area contributed by atoms with Crippen LogP contribution < -0.4 is 0 Å². The summed E-state index contributed by atoms with van der Waals surface area (Å²) in [6.45, 7) is 1.37. The Morgan fingerprint density at radius 1 is 0.357 bits per heavy atom. The summed E-state index contributed by atoms with van der Waals surface area (Å²) in [5, 5.41) is 77.1. The molecule has 0 radical (unpaired) electrons. The average Bonchev–Trinajstić information content (AvgIpc) is 2.86. The fraction of sp³-hybridized carbons (Fsp3) is 0.0312. The van der Waals surface area contributed by atoms with Gasteiger partial charge >= 0.3 is 0 Å². The lowest BCUT2D eigenvalue weighted by Crippen LogP contribution is -1.90. The third-order valence-electron chi connectivity index (χ3n) is 5.95. The molecule has 0 saturated heterocycles. The van der Waals surface area contributed by atoms with E-state index in [0.717, 1.165) is 0 Å². The van der Waals surface area contributed by atoms with E-state index in [-0.39, 0.29) is 64.2 Å². The smallest absolute Gasteiger partial charge is 0.160 e. The van der Waals surface area contributed by atoms with Crippen LogP contribution in [-0.4, -0.2) is 46.6 Å². The predicted molar refractivity (Wildman–Crippen MR) is 160 cm³/mol. The van der Waals surface area contributed by atoms with E-state index in [1.807, 2.05) is 0 Å². The summed E-state index contributed by atoms with van der Waals surface area (Å²) >= 11 is 0. The summed E-state index contributed by atoms with van der Waals surface area (Å²) in [6.07, 6.45) is 0.